The Kier molecular flexibility index (Phi) is 2.54. The normalized spacial score (nSPS) is 30.8. The van der Waals surface area contributed by atoms with E-state index < -0.39 is 11.2 Å². The largest absolute Gasteiger partial charge is 0.480 e. The van der Waals surface area contributed by atoms with Crippen LogP contribution in [0.25, 0.3) is 0 Å². The first kappa shape index (κ1) is 8.59. The van der Waals surface area contributed by atoms with E-state index in [1.54, 1.807) is 0 Å². The van der Waals surface area contributed by atoms with Crippen molar-refractivity contribution in [1.29, 1.82) is 0 Å². The van der Waals surface area contributed by atoms with Gasteiger partial charge in [-0.2, -0.15) is 0 Å². The van der Waals surface area contributed by atoms with Crippen molar-refractivity contribution >= 4 is 23.5 Å². The standard InChI is InChI=1S/C7H10O3S/c1-2-4-3-11-6(5(4)8)7(9)10/h4,6H,2-3H2,1H3,(H,9,10). The van der Waals surface area contributed by atoms with Crippen LogP contribution in [0.3, 0.4) is 0 Å². The Morgan fingerprint density at radius 1 is 1.82 bits per heavy atom. The molecule has 4 heteroatoms. The minimum Gasteiger partial charge on any atom is -0.480 e. The Bertz CT molecular complexity index is 190. The summed E-state index contributed by atoms with van der Waals surface area (Å²) in [6.45, 7) is 1.91. The molecule has 1 aliphatic heterocycles. The van der Waals surface area contributed by atoms with Crippen LogP contribution >= 0.6 is 11.8 Å². The monoisotopic (exact) mass is 174 g/mol. The van der Waals surface area contributed by atoms with Crippen molar-refractivity contribution in [3.8, 4) is 0 Å². The van der Waals surface area contributed by atoms with Gasteiger partial charge >= 0.3 is 5.97 Å². The van der Waals surface area contributed by atoms with E-state index in [0.717, 1.165) is 6.42 Å². The molecule has 1 aliphatic rings. The number of carboxylic acids is 1. The Morgan fingerprint density at radius 3 is 2.73 bits per heavy atom. The number of hydrogen-bond donors (Lipinski definition) is 1. The SMILES string of the molecule is CCC1CSC(C(=O)O)C1=O. The molecule has 0 amide bonds. The molecular formula is C7H10O3S. The highest BCUT2D eigenvalue weighted by molar-refractivity contribution is 8.01. The van der Waals surface area contributed by atoms with Crippen LogP contribution in [0.4, 0.5) is 0 Å². The quantitative estimate of drug-likeness (QED) is 0.628. The van der Waals surface area contributed by atoms with E-state index in [1.165, 1.54) is 11.8 Å². The topological polar surface area (TPSA) is 54.4 Å². The van der Waals surface area contributed by atoms with Gasteiger partial charge in [-0.25, -0.2) is 0 Å². The van der Waals surface area contributed by atoms with Gasteiger partial charge in [-0.05, 0) is 6.42 Å². The van der Waals surface area contributed by atoms with Gasteiger partial charge in [-0.3, -0.25) is 9.59 Å². The van der Waals surface area contributed by atoms with Crippen LogP contribution in [0.2, 0.25) is 0 Å². The maximum absolute atomic E-state index is 11.2. The van der Waals surface area contributed by atoms with Crippen LogP contribution in [0.1, 0.15) is 13.3 Å². The van der Waals surface area contributed by atoms with Crippen molar-refractivity contribution < 1.29 is 14.7 Å². The van der Waals surface area contributed by atoms with E-state index in [-0.39, 0.29) is 11.7 Å². The van der Waals surface area contributed by atoms with Crippen molar-refractivity contribution in [3.63, 3.8) is 0 Å². The van der Waals surface area contributed by atoms with Crippen LogP contribution in [-0.2, 0) is 9.59 Å². The predicted molar refractivity (Wildman–Crippen MR) is 42.7 cm³/mol. The fourth-order valence-corrected chi connectivity index (χ4v) is 2.43. The summed E-state index contributed by atoms with van der Waals surface area (Å²) in [4.78, 5) is 21.6. The van der Waals surface area contributed by atoms with Crippen molar-refractivity contribution in [2.45, 2.75) is 18.6 Å². The van der Waals surface area contributed by atoms with Crippen molar-refractivity contribution in [2.75, 3.05) is 5.75 Å². The number of ketones is 1. The van der Waals surface area contributed by atoms with Gasteiger partial charge in [0.05, 0.1) is 0 Å². The fraction of sp³-hybridized carbons (Fsp3) is 0.714. The molecule has 0 radical (unpaired) electrons. The van der Waals surface area contributed by atoms with Gasteiger partial charge < -0.3 is 5.11 Å². The van der Waals surface area contributed by atoms with Crippen molar-refractivity contribution in [1.82, 2.24) is 0 Å². The average molecular weight is 174 g/mol. The number of hydrogen-bond acceptors (Lipinski definition) is 3. The number of carboxylic acid groups (broad SMARTS) is 1. The molecule has 0 spiro atoms. The highest BCUT2D eigenvalue weighted by atomic mass is 32.2. The first-order chi connectivity index (χ1) is 5.16. The van der Waals surface area contributed by atoms with Crippen LogP contribution in [0.15, 0.2) is 0 Å². The van der Waals surface area contributed by atoms with Crippen molar-refractivity contribution in [2.24, 2.45) is 5.92 Å². The third-order valence-electron chi connectivity index (χ3n) is 1.84. The molecule has 1 rings (SSSR count). The second kappa shape index (κ2) is 3.26. The van der Waals surface area contributed by atoms with Crippen LogP contribution in [0.5, 0.6) is 0 Å². The Labute approximate surface area is 69.2 Å². The predicted octanol–water partition coefficient (Wildman–Crippen LogP) is 0.782. The molecule has 2 atom stereocenters. The molecule has 62 valence electrons. The van der Waals surface area contributed by atoms with Crippen LogP contribution in [-0.4, -0.2) is 27.9 Å². The van der Waals surface area contributed by atoms with Gasteiger partial charge in [0.2, 0.25) is 0 Å². The Hall–Kier alpha value is -0.510. The first-order valence-corrected chi connectivity index (χ1v) is 4.59. The molecule has 0 bridgehead atoms. The van der Waals surface area contributed by atoms with E-state index in [1.807, 2.05) is 6.92 Å². The summed E-state index contributed by atoms with van der Waals surface area (Å²) in [5, 5.41) is 7.76. The highest BCUT2D eigenvalue weighted by Gasteiger charge is 2.38. The zero-order chi connectivity index (χ0) is 8.43. The third-order valence-corrected chi connectivity index (χ3v) is 3.20. The lowest BCUT2D eigenvalue weighted by molar-refractivity contribution is -0.139. The first-order valence-electron chi connectivity index (χ1n) is 3.55. The molecule has 1 heterocycles. The number of Topliss-reactive ketones (excluding diaryl/α,β-unsaturated/α-hetero) is 1. The maximum Gasteiger partial charge on any atom is 0.324 e. The van der Waals surface area contributed by atoms with E-state index in [0.29, 0.717) is 5.75 Å². The summed E-state index contributed by atoms with van der Waals surface area (Å²) in [6.07, 6.45) is 0.760. The summed E-state index contributed by atoms with van der Waals surface area (Å²) in [5.41, 5.74) is 0. The molecule has 0 saturated carbocycles. The molecule has 0 aromatic heterocycles. The molecule has 0 aromatic carbocycles. The summed E-state index contributed by atoms with van der Waals surface area (Å²) >= 11 is 1.24. The average Bonchev–Trinajstić information content (AvgIpc) is 2.30. The molecule has 1 fully saturated rings. The Morgan fingerprint density at radius 2 is 2.45 bits per heavy atom. The van der Waals surface area contributed by atoms with E-state index in [2.05, 4.69) is 0 Å². The highest BCUT2D eigenvalue weighted by Crippen LogP contribution is 2.29. The Balaban J connectivity index is 2.63. The van der Waals surface area contributed by atoms with Gasteiger partial charge in [0.15, 0.2) is 11.0 Å². The minimum absolute atomic E-state index is 0.0268. The molecule has 1 saturated heterocycles. The van der Waals surface area contributed by atoms with Crippen LogP contribution < -0.4 is 0 Å². The summed E-state index contributed by atoms with van der Waals surface area (Å²) < 4.78 is 0. The van der Waals surface area contributed by atoms with Crippen LogP contribution in [0, 0.1) is 5.92 Å². The fourth-order valence-electron chi connectivity index (χ4n) is 1.10. The molecule has 0 aliphatic carbocycles. The lowest BCUT2D eigenvalue weighted by Crippen LogP contribution is -2.25. The van der Waals surface area contributed by atoms with Gasteiger partial charge in [0.1, 0.15) is 0 Å². The maximum atomic E-state index is 11.2. The zero-order valence-corrected chi connectivity index (χ0v) is 7.06. The van der Waals surface area contributed by atoms with E-state index in [4.69, 9.17) is 5.11 Å². The van der Waals surface area contributed by atoms with Crippen molar-refractivity contribution in [3.05, 3.63) is 0 Å². The van der Waals surface area contributed by atoms with E-state index in [9.17, 15) is 9.59 Å². The van der Waals surface area contributed by atoms with Gasteiger partial charge in [0, 0.05) is 11.7 Å². The molecule has 2 unspecified atom stereocenters. The second-order valence-corrected chi connectivity index (χ2v) is 3.70. The minimum atomic E-state index is -0.990. The third kappa shape index (κ3) is 1.56. The van der Waals surface area contributed by atoms with E-state index >= 15 is 0 Å². The number of carbonyl (C=O) groups excluding carboxylic acids is 1. The second-order valence-electron chi connectivity index (χ2n) is 2.56. The van der Waals surface area contributed by atoms with Gasteiger partial charge in [-0.1, -0.05) is 6.92 Å². The summed E-state index contributed by atoms with van der Waals surface area (Å²) in [6, 6.07) is 0. The molecular weight excluding hydrogens is 164 g/mol. The summed E-state index contributed by atoms with van der Waals surface area (Å²) in [7, 11) is 0. The lowest BCUT2D eigenvalue weighted by atomic mass is 10.0. The smallest absolute Gasteiger partial charge is 0.324 e. The number of thioether (sulfide) groups is 1. The molecule has 0 aromatic rings. The molecule has 3 nitrogen and oxygen atoms in total. The summed E-state index contributed by atoms with van der Waals surface area (Å²) in [5.74, 6) is -0.450. The molecule has 1 N–H and O–H groups in total. The lowest BCUT2D eigenvalue weighted by Gasteiger charge is -2.01. The number of rotatable bonds is 2. The number of aliphatic carboxylic acids is 1. The zero-order valence-electron chi connectivity index (χ0n) is 6.24. The van der Waals surface area contributed by atoms with Gasteiger partial charge in [-0.15, -0.1) is 11.8 Å². The van der Waals surface area contributed by atoms with Gasteiger partial charge in [0.25, 0.3) is 0 Å². The molecule has 11 heavy (non-hydrogen) atoms. The number of carbonyl (C=O) groups is 2.